The Morgan fingerprint density at radius 3 is 2.30 bits per heavy atom. The summed E-state index contributed by atoms with van der Waals surface area (Å²) in [6.07, 6.45) is 2.50. The number of carboxylic acid groups (broad SMARTS) is 1. The molecule has 0 aromatic heterocycles. The van der Waals surface area contributed by atoms with Gasteiger partial charge in [0.15, 0.2) is 0 Å². The molecule has 1 unspecified atom stereocenters. The molecule has 0 fully saturated rings. The smallest absolute Gasteiger partial charge is 0.303 e. The van der Waals surface area contributed by atoms with Crippen molar-refractivity contribution in [3.63, 3.8) is 0 Å². The monoisotopic (exact) mass is 321 g/mol. The molecule has 0 spiro atoms. The summed E-state index contributed by atoms with van der Waals surface area (Å²) >= 11 is 0. The van der Waals surface area contributed by atoms with E-state index in [2.05, 4.69) is 0 Å². The number of amides is 1. The number of benzene rings is 1. The molecule has 23 heavy (non-hydrogen) atoms. The van der Waals surface area contributed by atoms with Crippen LogP contribution >= 0.6 is 0 Å². The Morgan fingerprint density at radius 2 is 1.78 bits per heavy atom. The third kappa shape index (κ3) is 6.72. The zero-order valence-electron chi connectivity index (χ0n) is 14.2. The van der Waals surface area contributed by atoms with E-state index in [4.69, 9.17) is 9.84 Å². The fraction of sp³-hybridized carbons (Fsp3) is 0.556. The van der Waals surface area contributed by atoms with E-state index in [0.29, 0.717) is 25.8 Å². The largest absolute Gasteiger partial charge is 0.497 e. The van der Waals surface area contributed by atoms with Gasteiger partial charge >= 0.3 is 5.97 Å². The second-order valence-corrected chi connectivity index (χ2v) is 5.68. The number of hydrogen-bond acceptors (Lipinski definition) is 3. The highest BCUT2D eigenvalue weighted by Crippen LogP contribution is 2.15. The Morgan fingerprint density at radius 1 is 1.17 bits per heavy atom. The molecular weight excluding hydrogens is 294 g/mol. The number of rotatable bonds is 10. The molecule has 5 heteroatoms. The van der Waals surface area contributed by atoms with E-state index in [1.54, 1.807) is 7.11 Å². The second kappa shape index (κ2) is 9.87. The van der Waals surface area contributed by atoms with E-state index < -0.39 is 5.97 Å². The minimum atomic E-state index is -0.808. The Kier molecular flexibility index (Phi) is 8.16. The van der Waals surface area contributed by atoms with Crippen molar-refractivity contribution in [2.24, 2.45) is 0 Å². The predicted octanol–water partition coefficient (Wildman–Crippen LogP) is 3.12. The van der Waals surface area contributed by atoms with Crippen molar-refractivity contribution in [3.8, 4) is 5.75 Å². The molecule has 1 aromatic rings. The first-order valence-electron chi connectivity index (χ1n) is 8.12. The van der Waals surface area contributed by atoms with Crippen LogP contribution in [0.1, 0.15) is 45.1 Å². The number of carbonyl (C=O) groups is 2. The maximum atomic E-state index is 12.3. The summed E-state index contributed by atoms with van der Waals surface area (Å²) in [7, 11) is 1.64. The number of carboxylic acids is 1. The first-order chi connectivity index (χ1) is 11.0. The lowest BCUT2D eigenvalue weighted by Gasteiger charge is -2.28. The van der Waals surface area contributed by atoms with Crippen LogP contribution in [-0.2, 0) is 16.0 Å². The standard InChI is InChI=1S/C18H27NO4/c1-4-19(17(20)7-5-6-8-18(21)22)14(2)13-15-9-11-16(23-3)12-10-15/h9-12,14H,4-8,13H2,1-3H3,(H,21,22). The van der Waals surface area contributed by atoms with Gasteiger partial charge in [0.05, 0.1) is 7.11 Å². The zero-order chi connectivity index (χ0) is 17.2. The minimum Gasteiger partial charge on any atom is -0.497 e. The van der Waals surface area contributed by atoms with E-state index in [-0.39, 0.29) is 18.4 Å². The molecule has 0 saturated carbocycles. The SMILES string of the molecule is CCN(C(=O)CCCCC(=O)O)C(C)Cc1ccc(OC)cc1. The average Bonchev–Trinajstić information content (AvgIpc) is 2.52. The summed E-state index contributed by atoms with van der Waals surface area (Å²) in [6.45, 7) is 4.68. The molecule has 0 radical (unpaired) electrons. The van der Waals surface area contributed by atoms with Gasteiger partial charge < -0.3 is 14.7 Å². The van der Waals surface area contributed by atoms with Crippen molar-refractivity contribution >= 4 is 11.9 Å². The van der Waals surface area contributed by atoms with Crippen molar-refractivity contribution in [2.45, 2.75) is 52.0 Å². The van der Waals surface area contributed by atoms with Crippen LogP contribution in [0.2, 0.25) is 0 Å². The van der Waals surface area contributed by atoms with Gasteiger partial charge in [-0.3, -0.25) is 9.59 Å². The molecule has 1 amide bonds. The van der Waals surface area contributed by atoms with E-state index >= 15 is 0 Å². The van der Waals surface area contributed by atoms with Crippen LogP contribution in [0.25, 0.3) is 0 Å². The van der Waals surface area contributed by atoms with Crippen LogP contribution in [0.15, 0.2) is 24.3 Å². The van der Waals surface area contributed by atoms with E-state index in [9.17, 15) is 9.59 Å². The number of likely N-dealkylation sites (N-methyl/N-ethyl adjacent to an activating group) is 1. The highest BCUT2D eigenvalue weighted by Gasteiger charge is 2.18. The van der Waals surface area contributed by atoms with Crippen LogP contribution in [-0.4, -0.2) is 41.6 Å². The second-order valence-electron chi connectivity index (χ2n) is 5.68. The number of ether oxygens (including phenoxy) is 1. The maximum Gasteiger partial charge on any atom is 0.303 e. The molecule has 1 N–H and O–H groups in total. The molecule has 1 rings (SSSR count). The third-order valence-corrected chi connectivity index (χ3v) is 3.91. The summed E-state index contributed by atoms with van der Waals surface area (Å²) in [6, 6.07) is 7.99. The Labute approximate surface area is 138 Å². The molecule has 0 heterocycles. The summed E-state index contributed by atoms with van der Waals surface area (Å²) in [5.41, 5.74) is 1.16. The molecule has 1 aromatic carbocycles. The van der Waals surface area contributed by atoms with Gasteiger partial charge in [-0.25, -0.2) is 0 Å². The maximum absolute atomic E-state index is 12.3. The van der Waals surface area contributed by atoms with Gasteiger partial charge in [-0.05, 0) is 50.8 Å². The first kappa shape index (κ1) is 19.0. The molecule has 1 atom stereocenters. The van der Waals surface area contributed by atoms with Gasteiger partial charge in [-0.2, -0.15) is 0 Å². The Balaban J connectivity index is 2.50. The highest BCUT2D eigenvalue weighted by molar-refractivity contribution is 5.76. The topological polar surface area (TPSA) is 66.8 Å². The first-order valence-corrected chi connectivity index (χ1v) is 8.12. The third-order valence-electron chi connectivity index (χ3n) is 3.91. The molecule has 0 aliphatic heterocycles. The molecule has 0 aliphatic carbocycles. The lowest BCUT2D eigenvalue weighted by molar-refractivity contribution is -0.138. The number of hydrogen-bond donors (Lipinski definition) is 1. The molecule has 128 valence electrons. The predicted molar refractivity (Wildman–Crippen MR) is 89.7 cm³/mol. The molecular formula is C18H27NO4. The van der Waals surface area contributed by atoms with Crippen LogP contribution < -0.4 is 4.74 Å². The van der Waals surface area contributed by atoms with Crippen LogP contribution in [0, 0.1) is 0 Å². The van der Waals surface area contributed by atoms with Crippen molar-refractivity contribution in [1.29, 1.82) is 0 Å². The van der Waals surface area contributed by atoms with Crippen LogP contribution in [0.5, 0.6) is 5.75 Å². The minimum absolute atomic E-state index is 0.0962. The summed E-state index contributed by atoms with van der Waals surface area (Å²) in [5.74, 6) is 0.111. The quantitative estimate of drug-likeness (QED) is 0.672. The van der Waals surface area contributed by atoms with E-state index in [1.165, 1.54) is 0 Å². The summed E-state index contributed by atoms with van der Waals surface area (Å²) < 4.78 is 5.15. The average molecular weight is 321 g/mol. The van der Waals surface area contributed by atoms with E-state index in [0.717, 1.165) is 17.7 Å². The van der Waals surface area contributed by atoms with Crippen LogP contribution in [0.4, 0.5) is 0 Å². The van der Waals surface area contributed by atoms with Gasteiger partial charge in [0.2, 0.25) is 5.91 Å². The highest BCUT2D eigenvalue weighted by atomic mass is 16.5. The van der Waals surface area contributed by atoms with Crippen LogP contribution in [0.3, 0.4) is 0 Å². The lowest BCUT2D eigenvalue weighted by atomic mass is 10.0. The number of unbranched alkanes of at least 4 members (excludes halogenated alkanes) is 1. The van der Waals surface area contributed by atoms with Gasteiger partial charge in [-0.15, -0.1) is 0 Å². The molecule has 5 nitrogen and oxygen atoms in total. The zero-order valence-corrected chi connectivity index (χ0v) is 14.2. The van der Waals surface area contributed by atoms with Gasteiger partial charge in [0.25, 0.3) is 0 Å². The van der Waals surface area contributed by atoms with Gasteiger partial charge in [0.1, 0.15) is 5.75 Å². The molecule has 0 aliphatic rings. The summed E-state index contributed by atoms with van der Waals surface area (Å²) in [5, 5.41) is 8.62. The fourth-order valence-corrected chi connectivity index (χ4v) is 2.64. The molecule has 0 saturated heterocycles. The normalized spacial score (nSPS) is 11.8. The van der Waals surface area contributed by atoms with Gasteiger partial charge in [-0.1, -0.05) is 12.1 Å². The Hall–Kier alpha value is -2.04. The molecule has 0 bridgehead atoms. The Bertz CT molecular complexity index is 498. The number of methoxy groups -OCH3 is 1. The fourth-order valence-electron chi connectivity index (χ4n) is 2.64. The summed E-state index contributed by atoms with van der Waals surface area (Å²) in [4.78, 5) is 24.7. The van der Waals surface area contributed by atoms with Crippen molar-refractivity contribution in [3.05, 3.63) is 29.8 Å². The number of nitrogens with zero attached hydrogens (tertiary/aromatic N) is 1. The van der Waals surface area contributed by atoms with Gasteiger partial charge in [0, 0.05) is 25.4 Å². The van der Waals surface area contributed by atoms with E-state index in [1.807, 2.05) is 43.0 Å². The van der Waals surface area contributed by atoms with Crippen molar-refractivity contribution in [2.75, 3.05) is 13.7 Å². The number of carbonyl (C=O) groups excluding carboxylic acids is 1. The lowest BCUT2D eigenvalue weighted by Crippen LogP contribution is -2.39. The number of aliphatic carboxylic acids is 1. The van der Waals surface area contributed by atoms with Crippen molar-refractivity contribution < 1.29 is 19.4 Å². The van der Waals surface area contributed by atoms with Crippen molar-refractivity contribution in [1.82, 2.24) is 4.90 Å².